The highest BCUT2D eigenvalue weighted by atomic mass is 31.2. The molecule has 0 saturated heterocycles. The predicted octanol–water partition coefficient (Wildman–Crippen LogP) is 21.3. The molecule has 0 aromatic rings. The monoisotopic (exact) mass is 1150 g/mol. The predicted molar refractivity (Wildman–Crippen MR) is 351 cm³/mol. The Hall–Kier alpha value is -2.81. The number of phosphoric ester groups is 1. The van der Waals surface area contributed by atoms with E-state index < -0.39 is 20.0 Å². The summed E-state index contributed by atoms with van der Waals surface area (Å²) in [5.41, 5.74) is 0. The third-order valence-electron chi connectivity index (χ3n) is 14.8. The molecule has 470 valence electrons. The second-order valence-corrected chi connectivity index (χ2v) is 25.4. The van der Waals surface area contributed by atoms with E-state index in [4.69, 9.17) is 13.8 Å². The lowest BCUT2D eigenvalue weighted by atomic mass is 10.0. The standard InChI is InChI=1S/C71H129N2O7P/c1-7-10-13-16-19-22-25-28-30-32-34-36-38-40-42-45-48-51-54-57-60-63-70(74)72-68(67-79-81(76,77)78-66-65-73(4,5)6)69(62-59-56-53-50-47-44-27-24-21-18-15-12-9-3)80-71(75)64-61-58-55-52-49-46-43-41-39-37-35-33-31-29-26-23-20-17-14-11-8-2/h11,14,20,23,28-31,35,37,41,43,59,62,68-69H,7-10,12-13,15-19,21-22,24-27,32-34,36,38-40,42,44-58,60-61,63-67H2,1-6H3,(H-,72,74,76,77)/p+1/b14-11-,23-20-,30-28+,31-29-,37-35-,43-41-,62-59+. The molecule has 0 spiro atoms. The van der Waals surface area contributed by atoms with E-state index in [0.717, 1.165) is 103 Å². The first-order chi connectivity index (χ1) is 39.4. The van der Waals surface area contributed by atoms with Crippen LogP contribution in [0.2, 0.25) is 0 Å². The normalized spacial score (nSPS) is 14.1. The summed E-state index contributed by atoms with van der Waals surface area (Å²) in [4.78, 5) is 37.9. The Balaban J connectivity index is 5.22. The SMILES string of the molecule is CC/C=C\C/C=C\C/C=C\C/C=C\C/C=C\CCCCCCCC(=O)OC(/C=C/CCCCCCCCCCCCC)C(COP(=O)(O)OCC[N+](C)(C)C)NC(=O)CCCCCCCCCCCCC/C=C/CCCCCCCC. The zero-order chi connectivity index (χ0) is 59.3. The Morgan fingerprint density at radius 2 is 0.790 bits per heavy atom. The van der Waals surface area contributed by atoms with Gasteiger partial charge in [-0.1, -0.05) is 273 Å². The van der Waals surface area contributed by atoms with E-state index >= 15 is 0 Å². The summed E-state index contributed by atoms with van der Waals surface area (Å²) in [6.45, 7) is 6.91. The van der Waals surface area contributed by atoms with Crippen molar-refractivity contribution in [3.05, 3.63) is 85.1 Å². The second kappa shape index (κ2) is 60.3. The van der Waals surface area contributed by atoms with Crippen LogP contribution in [0, 0.1) is 0 Å². The topological polar surface area (TPSA) is 111 Å². The number of ether oxygens (including phenoxy) is 1. The number of amides is 1. The highest BCUT2D eigenvalue weighted by molar-refractivity contribution is 7.47. The molecule has 0 aromatic heterocycles. The van der Waals surface area contributed by atoms with Crippen LogP contribution < -0.4 is 5.32 Å². The summed E-state index contributed by atoms with van der Waals surface area (Å²) in [6, 6.07) is -0.861. The summed E-state index contributed by atoms with van der Waals surface area (Å²) < 4.78 is 30.8. The third-order valence-corrected chi connectivity index (χ3v) is 15.8. The summed E-state index contributed by atoms with van der Waals surface area (Å²) in [6.07, 6.45) is 80.1. The summed E-state index contributed by atoms with van der Waals surface area (Å²) in [5.74, 6) is -0.523. The van der Waals surface area contributed by atoms with Gasteiger partial charge in [0, 0.05) is 12.8 Å². The quantitative estimate of drug-likeness (QED) is 0.0205. The number of carbonyl (C=O) groups is 2. The number of nitrogens with one attached hydrogen (secondary N) is 1. The minimum absolute atomic E-state index is 0.0342. The van der Waals surface area contributed by atoms with Gasteiger partial charge in [-0.3, -0.25) is 18.6 Å². The molecule has 0 heterocycles. The Morgan fingerprint density at radius 1 is 0.444 bits per heavy atom. The van der Waals surface area contributed by atoms with Crippen LogP contribution in [-0.4, -0.2) is 74.3 Å². The average molecular weight is 1150 g/mol. The van der Waals surface area contributed by atoms with Gasteiger partial charge in [0.15, 0.2) is 0 Å². The number of esters is 1. The summed E-state index contributed by atoms with van der Waals surface area (Å²) >= 11 is 0. The van der Waals surface area contributed by atoms with Gasteiger partial charge in [0.2, 0.25) is 5.91 Å². The van der Waals surface area contributed by atoms with Gasteiger partial charge in [-0.15, -0.1) is 0 Å². The number of quaternary nitrogens is 1. The van der Waals surface area contributed by atoms with Crippen molar-refractivity contribution < 1.29 is 37.3 Å². The van der Waals surface area contributed by atoms with Crippen LogP contribution in [0.25, 0.3) is 0 Å². The highest BCUT2D eigenvalue weighted by Gasteiger charge is 2.30. The average Bonchev–Trinajstić information content (AvgIpc) is 3.44. The highest BCUT2D eigenvalue weighted by Crippen LogP contribution is 2.43. The lowest BCUT2D eigenvalue weighted by Crippen LogP contribution is -2.47. The molecule has 0 fully saturated rings. The second-order valence-electron chi connectivity index (χ2n) is 24.0. The first kappa shape index (κ1) is 78.2. The van der Waals surface area contributed by atoms with Gasteiger partial charge in [-0.25, -0.2) is 4.57 Å². The van der Waals surface area contributed by atoms with Crippen molar-refractivity contribution in [3.8, 4) is 0 Å². The van der Waals surface area contributed by atoms with Crippen LogP contribution in [0.4, 0.5) is 0 Å². The molecule has 9 nitrogen and oxygen atoms in total. The van der Waals surface area contributed by atoms with Crippen LogP contribution in [0.15, 0.2) is 85.1 Å². The lowest BCUT2D eigenvalue weighted by Gasteiger charge is -2.27. The molecule has 0 radical (unpaired) electrons. The van der Waals surface area contributed by atoms with Gasteiger partial charge in [0.05, 0.1) is 33.8 Å². The van der Waals surface area contributed by atoms with Crippen LogP contribution in [-0.2, 0) is 27.9 Å². The van der Waals surface area contributed by atoms with E-state index in [1.807, 2.05) is 33.3 Å². The maximum absolute atomic E-state index is 13.6. The minimum Gasteiger partial charge on any atom is -0.456 e. The number of phosphoric acid groups is 1. The van der Waals surface area contributed by atoms with Gasteiger partial charge < -0.3 is 19.4 Å². The van der Waals surface area contributed by atoms with E-state index in [1.165, 1.54) is 161 Å². The minimum atomic E-state index is -4.46. The molecule has 3 atom stereocenters. The molecule has 1 amide bonds. The number of nitrogens with zero attached hydrogens (tertiary/aromatic N) is 1. The Morgan fingerprint density at radius 3 is 1.20 bits per heavy atom. The summed E-state index contributed by atoms with van der Waals surface area (Å²) in [5, 5.41) is 3.06. The zero-order valence-electron chi connectivity index (χ0n) is 53.8. The van der Waals surface area contributed by atoms with Gasteiger partial charge in [-0.2, -0.15) is 0 Å². The van der Waals surface area contributed by atoms with Crippen molar-refractivity contribution in [1.29, 1.82) is 0 Å². The number of allylic oxidation sites excluding steroid dienone is 13. The maximum atomic E-state index is 13.6. The third kappa shape index (κ3) is 61.6. The molecule has 0 rings (SSSR count). The number of unbranched alkanes of at least 4 members (excludes halogenated alkanes) is 33. The van der Waals surface area contributed by atoms with Crippen LogP contribution in [0.3, 0.4) is 0 Å². The van der Waals surface area contributed by atoms with Crippen molar-refractivity contribution in [2.24, 2.45) is 0 Å². The molecule has 0 aliphatic rings. The molecule has 0 aromatic carbocycles. The molecule has 0 saturated carbocycles. The fourth-order valence-corrected chi connectivity index (χ4v) is 10.3. The first-order valence-electron chi connectivity index (χ1n) is 33.9. The maximum Gasteiger partial charge on any atom is 0.472 e. The van der Waals surface area contributed by atoms with Crippen molar-refractivity contribution in [2.75, 3.05) is 40.9 Å². The Labute approximate surface area is 501 Å². The van der Waals surface area contributed by atoms with Crippen LogP contribution in [0.5, 0.6) is 0 Å². The molecule has 10 heteroatoms. The number of hydrogen-bond acceptors (Lipinski definition) is 6. The molecule has 2 N–H and O–H groups in total. The van der Waals surface area contributed by atoms with E-state index in [1.54, 1.807) is 0 Å². The first-order valence-corrected chi connectivity index (χ1v) is 35.4. The van der Waals surface area contributed by atoms with Gasteiger partial charge in [-0.05, 0) is 102 Å². The van der Waals surface area contributed by atoms with E-state index in [0.29, 0.717) is 23.9 Å². The van der Waals surface area contributed by atoms with Crippen molar-refractivity contribution >= 4 is 19.7 Å². The van der Waals surface area contributed by atoms with Crippen molar-refractivity contribution in [1.82, 2.24) is 5.32 Å². The fraction of sp³-hybridized carbons (Fsp3) is 0.775. The number of hydrogen-bond donors (Lipinski definition) is 2. The molecular weight excluding hydrogens is 1020 g/mol. The molecule has 0 bridgehead atoms. The van der Waals surface area contributed by atoms with Gasteiger partial charge >= 0.3 is 13.8 Å². The van der Waals surface area contributed by atoms with Crippen molar-refractivity contribution in [2.45, 2.75) is 315 Å². The molecule has 0 aliphatic heterocycles. The molecular formula is C71H130N2O7P+. The number of rotatable bonds is 61. The lowest BCUT2D eigenvalue weighted by molar-refractivity contribution is -0.870. The Bertz CT molecular complexity index is 1660. The fourth-order valence-electron chi connectivity index (χ4n) is 9.61. The van der Waals surface area contributed by atoms with E-state index in [-0.39, 0.29) is 31.5 Å². The largest absolute Gasteiger partial charge is 0.472 e. The Kier molecular flexibility index (Phi) is 58.2. The van der Waals surface area contributed by atoms with E-state index in [9.17, 15) is 19.0 Å². The zero-order valence-corrected chi connectivity index (χ0v) is 54.7. The summed E-state index contributed by atoms with van der Waals surface area (Å²) in [7, 11) is 1.48. The number of likely N-dealkylation sites (N-methyl/N-ethyl adjacent to an activating group) is 1. The van der Waals surface area contributed by atoms with Crippen LogP contribution in [0.1, 0.15) is 303 Å². The molecule has 0 aliphatic carbocycles. The van der Waals surface area contributed by atoms with Gasteiger partial charge in [0.25, 0.3) is 0 Å². The van der Waals surface area contributed by atoms with Crippen LogP contribution >= 0.6 is 7.82 Å². The molecule has 3 unspecified atom stereocenters. The van der Waals surface area contributed by atoms with Crippen molar-refractivity contribution in [3.63, 3.8) is 0 Å². The molecule has 81 heavy (non-hydrogen) atoms. The smallest absolute Gasteiger partial charge is 0.456 e. The number of carbonyl (C=O) groups excluding carboxylic acids is 2. The van der Waals surface area contributed by atoms with E-state index in [2.05, 4.69) is 99.0 Å². The van der Waals surface area contributed by atoms with Gasteiger partial charge in [0.1, 0.15) is 19.3 Å².